The molecular formula is C22H31N6O4+. The Labute approximate surface area is 187 Å². The maximum atomic E-state index is 13.0. The Morgan fingerprint density at radius 2 is 1.50 bits per heavy atom. The minimum atomic E-state index is -0.323. The molecule has 0 aliphatic carbocycles. The molecule has 3 aliphatic heterocycles. The number of carbonyl (C=O) groups excluding carboxylic acids is 4. The highest BCUT2D eigenvalue weighted by atomic mass is 16.2. The average Bonchev–Trinajstić information content (AvgIpc) is 2.77. The van der Waals surface area contributed by atoms with Gasteiger partial charge in [-0.2, -0.15) is 0 Å². The van der Waals surface area contributed by atoms with Crippen molar-refractivity contribution in [2.75, 3.05) is 65.6 Å². The third kappa shape index (κ3) is 4.88. The van der Waals surface area contributed by atoms with E-state index in [9.17, 15) is 19.2 Å². The first-order valence-electron chi connectivity index (χ1n) is 11.1. The van der Waals surface area contributed by atoms with Crippen LogP contribution in [-0.4, -0.2) is 110 Å². The number of rotatable bonds is 6. The number of amides is 4. The van der Waals surface area contributed by atoms with Crippen molar-refractivity contribution < 1.29 is 19.2 Å². The van der Waals surface area contributed by atoms with Gasteiger partial charge in [0.15, 0.2) is 6.67 Å². The van der Waals surface area contributed by atoms with Crippen LogP contribution in [0.2, 0.25) is 0 Å². The highest BCUT2D eigenvalue weighted by Gasteiger charge is 2.41. The number of piperazine rings is 3. The van der Waals surface area contributed by atoms with E-state index in [0.717, 1.165) is 31.9 Å². The van der Waals surface area contributed by atoms with Crippen LogP contribution in [0.3, 0.4) is 0 Å². The molecule has 10 heteroatoms. The first kappa shape index (κ1) is 22.5. The number of hydrogen-bond acceptors (Lipinski definition) is 7. The monoisotopic (exact) mass is 443 g/mol. The molecule has 10 nitrogen and oxygen atoms in total. The summed E-state index contributed by atoms with van der Waals surface area (Å²) in [6.07, 6.45) is 0. The Kier molecular flexibility index (Phi) is 6.66. The van der Waals surface area contributed by atoms with Crippen molar-refractivity contribution >= 4 is 29.3 Å². The number of carbonyl (C=O) groups is 4. The molecule has 3 aliphatic rings. The number of quaternary nitrogens is 1. The number of nitrogens with one attached hydrogen (secondary N) is 2. The van der Waals surface area contributed by atoms with Crippen LogP contribution in [0.1, 0.15) is 6.92 Å². The molecule has 1 unspecified atom stereocenters. The van der Waals surface area contributed by atoms with Crippen molar-refractivity contribution in [2.24, 2.45) is 0 Å². The van der Waals surface area contributed by atoms with E-state index in [1.54, 1.807) is 4.90 Å². The van der Waals surface area contributed by atoms with Gasteiger partial charge in [0.2, 0.25) is 23.6 Å². The lowest BCUT2D eigenvalue weighted by Gasteiger charge is -2.45. The predicted octanol–water partition coefficient (Wildman–Crippen LogP) is -1.43. The Morgan fingerprint density at radius 1 is 0.906 bits per heavy atom. The second kappa shape index (κ2) is 9.45. The first-order valence-corrected chi connectivity index (χ1v) is 11.1. The molecular weight excluding hydrogens is 412 g/mol. The Bertz CT molecular complexity index is 852. The summed E-state index contributed by atoms with van der Waals surface area (Å²) < 4.78 is 0.576. The van der Waals surface area contributed by atoms with Crippen LogP contribution in [0.25, 0.3) is 0 Å². The van der Waals surface area contributed by atoms with Gasteiger partial charge in [0.25, 0.3) is 0 Å². The largest absolute Gasteiger partial charge is 0.306 e. The third-order valence-corrected chi connectivity index (χ3v) is 6.59. The maximum absolute atomic E-state index is 13.0. The summed E-state index contributed by atoms with van der Waals surface area (Å²) in [5.74, 6) is -1.05. The van der Waals surface area contributed by atoms with Gasteiger partial charge in [-0.05, 0) is 19.1 Å². The van der Waals surface area contributed by atoms with Gasteiger partial charge in [-0.15, -0.1) is 0 Å². The second-order valence-corrected chi connectivity index (χ2v) is 8.93. The van der Waals surface area contributed by atoms with E-state index in [0.29, 0.717) is 17.7 Å². The third-order valence-electron chi connectivity index (χ3n) is 6.59. The molecule has 1 aromatic carbocycles. The van der Waals surface area contributed by atoms with Crippen LogP contribution in [0.4, 0.5) is 5.69 Å². The smallest absolute Gasteiger partial charge is 0.247 e. The summed E-state index contributed by atoms with van der Waals surface area (Å²) in [7, 11) is 0. The first-order chi connectivity index (χ1) is 15.4. The summed E-state index contributed by atoms with van der Waals surface area (Å²) in [5.41, 5.74) is 1.11. The van der Waals surface area contributed by atoms with Gasteiger partial charge >= 0.3 is 0 Å². The number of benzene rings is 1. The minimum absolute atomic E-state index is 0.131. The summed E-state index contributed by atoms with van der Waals surface area (Å²) in [6, 6.07) is 9.95. The molecule has 0 saturated carbocycles. The van der Waals surface area contributed by atoms with Crippen molar-refractivity contribution in [1.29, 1.82) is 0 Å². The topological polar surface area (TPSA) is 102 Å². The quantitative estimate of drug-likeness (QED) is 0.411. The molecule has 172 valence electrons. The van der Waals surface area contributed by atoms with Crippen LogP contribution in [-0.2, 0) is 19.2 Å². The molecule has 0 aromatic heterocycles. The highest BCUT2D eigenvalue weighted by Crippen LogP contribution is 2.25. The van der Waals surface area contributed by atoms with Gasteiger partial charge in [0.05, 0.1) is 39.3 Å². The fourth-order valence-electron chi connectivity index (χ4n) is 4.81. The number of nitrogens with zero attached hydrogens (tertiary/aromatic N) is 4. The summed E-state index contributed by atoms with van der Waals surface area (Å²) in [5, 5.41) is 5.65. The standard InChI is InChI=1S/C22H30N6O4/c1-17(26-12-19(29)24-20(30)13-26)11-25-14-21(31)27(22(32)15-25)16-28(9-7-23-8-10-28)18-5-3-2-4-6-18/h2-6,17,23H,7-16H2,1H3/p+1. The second-order valence-electron chi connectivity index (χ2n) is 8.93. The molecule has 1 aromatic rings. The molecule has 32 heavy (non-hydrogen) atoms. The van der Waals surface area contributed by atoms with Crippen molar-refractivity contribution in [1.82, 2.24) is 29.8 Å². The average molecular weight is 444 g/mol. The van der Waals surface area contributed by atoms with Gasteiger partial charge < -0.3 is 5.32 Å². The van der Waals surface area contributed by atoms with E-state index in [4.69, 9.17) is 0 Å². The van der Waals surface area contributed by atoms with Gasteiger partial charge in [0, 0.05) is 25.7 Å². The number of imide groups is 2. The Balaban J connectivity index is 1.41. The molecule has 2 N–H and O–H groups in total. The van der Waals surface area contributed by atoms with Crippen molar-refractivity contribution in [3.05, 3.63) is 30.3 Å². The van der Waals surface area contributed by atoms with Gasteiger partial charge in [-0.3, -0.25) is 38.8 Å². The molecule has 3 fully saturated rings. The van der Waals surface area contributed by atoms with Crippen molar-refractivity contribution in [2.45, 2.75) is 13.0 Å². The Hall–Kier alpha value is -2.66. The van der Waals surface area contributed by atoms with Crippen molar-refractivity contribution in [3.63, 3.8) is 0 Å². The molecule has 4 rings (SSSR count). The van der Waals surface area contributed by atoms with E-state index in [1.165, 1.54) is 4.90 Å². The lowest BCUT2D eigenvalue weighted by molar-refractivity contribution is -0.154. The van der Waals surface area contributed by atoms with Crippen LogP contribution in [0.5, 0.6) is 0 Å². The summed E-state index contributed by atoms with van der Waals surface area (Å²) in [6.45, 7) is 6.55. The zero-order valence-electron chi connectivity index (χ0n) is 18.5. The van der Waals surface area contributed by atoms with E-state index >= 15 is 0 Å². The lowest BCUT2D eigenvalue weighted by atomic mass is 10.1. The van der Waals surface area contributed by atoms with E-state index in [2.05, 4.69) is 22.8 Å². The van der Waals surface area contributed by atoms with Crippen LogP contribution < -0.4 is 15.1 Å². The normalized spacial score (nSPS) is 23.8. The zero-order valence-corrected chi connectivity index (χ0v) is 18.5. The molecule has 0 radical (unpaired) electrons. The highest BCUT2D eigenvalue weighted by molar-refractivity contribution is 6.00. The van der Waals surface area contributed by atoms with Crippen LogP contribution in [0, 0.1) is 0 Å². The predicted molar refractivity (Wildman–Crippen MR) is 118 cm³/mol. The molecule has 1 atom stereocenters. The van der Waals surface area contributed by atoms with Crippen molar-refractivity contribution in [3.8, 4) is 0 Å². The van der Waals surface area contributed by atoms with E-state index in [1.807, 2.05) is 30.0 Å². The molecule has 0 spiro atoms. The van der Waals surface area contributed by atoms with E-state index < -0.39 is 0 Å². The molecule has 0 bridgehead atoms. The molecule has 3 heterocycles. The summed E-state index contributed by atoms with van der Waals surface area (Å²) >= 11 is 0. The van der Waals surface area contributed by atoms with Gasteiger partial charge in [0.1, 0.15) is 5.69 Å². The SMILES string of the molecule is CC(CN1CC(=O)N(C[N+]2(c3ccccc3)CCNCC2)C(=O)C1)N1CC(=O)NC(=O)C1. The minimum Gasteiger partial charge on any atom is -0.306 e. The summed E-state index contributed by atoms with van der Waals surface area (Å²) in [4.78, 5) is 54.4. The number of para-hydroxylation sites is 1. The molecule has 4 amide bonds. The van der Waals surface area contributed by atoms with Crippen LogP contribution >= 0.6 is 0 Å². The van der Waals surface area contributed by atoms with Gasteiger partial charge in [-0.1, -0.05) is 18.2 Å². The molecule has 3 saturated heterocycles. The lowest BCUT2D eigenvalue weighted by Crippen LogP contribution is -2.67. The fraction of sp³-hybridized carbons (Fsp3) is 0.545. The number of hydrogen-bond donors (Lipinski definition) is 2. The van der Waals surface area contributed by atoms with Gasteiger partial charge in [-0.25, -0.2) is 4.90 Å². The fourth-order valence-corrected chi connectivity index (χ4v) is 4.81. The van der Waals surface area contributed by atoms with E-state index in [-0.39, 0.29) is 55.8 Å². The zero-order chi connectivity index (χ0) is 22.7. The Morgan fingerprint density at radius 3 is 2.09 bits per heavy atom. The maximum Gasteiger partial charge on any atom is 0.247 e. The van der Waals surface area contributed by atoms with Crippen LogP contribution in [0.15, 0.2) is 30.3 Å².